The standard InChI is InChI=1S/C23H23N5O3/c1-14(2)10-15-5-7-18(24-12-15)22(30)25-13-16-4-6-17-20(11-16)31-23(26-17)19-8-9-21(29)28(3)27-19/h4-9,11-12,14H,10,13H2,1-3H3,(H,25,30). The third-order valence-electron chi connectivity index (χ3n) is 4.79. The molecule has 0 aliphatic rings. The Balaban J connectivity index is 1.45. The fourth-order valence-corrected chi connectivity index (χ4v) is 3.23. The Bertz CT molecular complexity index is 1290. The van der Waals surface area contributed by atoms with Gasteiger partial charge in [0.25, 0.3) is 11.5 Å². The van der Waals surface area contributed by atoms with Gasteiger partial charge in [-0.1, -0.05) is 26.0 Å². The van der Waals surface area contributed by atoms with E-state index in [9.17, 15) is 9.59 Å². The van der Waals surface area contributed by atoms with Gasteiger partial charge in [-0.3, -0.25) is 14.6 Å². The lowest BCUT2D eigenvalue weighted by Gasteiger charge is -2.07. The fourth-order valence-electron chi connectivity index (χ4n) is 3.23. The average Bonchev–Trinajstić information content (AvgIpc) is 3.17. The summed E-state index contributed by atoms with van der Waals surface area (Å²) in [5, 5.41) is 7.04. The van der Waals surface area contributed by atoms with E-state index in [4.69, 9.17) is 4.42 Å². The minimum absolute atomic E-state index is 0.207. The van der Waals surface area contributed by atoms with Crippen LogP contribution in [0.3, 0.4) is 0 Å². The predicted molar refractivity (Wildman–Crippen MR) is 116 cm³/mol. The van der Waals surface area contributed by atoms with Gasteiger partial charge in [0.05, 0.1) is 0 Å². The highest BCUT2D eigenvalue weighted by atomic mass is 16.3. The van der Waals surface area contributed by atoms with Crippen molar-refractivity contribution in [1.29, 1.82) is 0 Å². The lowest BCUT2D eigenvalue weighted by atomic mass is 10.0. The first-order chi connectivity index (χ1) is 14.9. The van der Waals surface area contributed by atoms with Crippen LogP contribution in [0.4, 0.5) is 0 Å². The van der Waals surface area contributed by atoms with E-state index < -0.39 is 0 Å². The highest BCUT2D eigenvalue weighted by Gasteiger charge is 2.12. The van der Waals surface area contributed by atoms with Gasteiger partial charge < -0.3 is 9.73 Å². The molecule has 1 N–H and O–H groups in total. The lowest BCUT2D eigenvalue weighted by molar-refractivity contribution is 0.0946. The van der Waals surface area contributed by atoms with Gasteiger partial charge >= 0.3 is 0 Å². The van der Waals surface area contributed by atoms with Crippen molar-refractivity contribution in [1.82, 2.24) is 25.1 Å². The molecule has 0 spiro atoms. The number of benzene rings is 1. The summed E-state index contributed by atoms with van der Waals surface area (Å²) in [6, 6.07) is 12.2. The molecule has 0 radical (unpaired) electrons. The van der Waals surface area contributed by atoms with E-state index in [0.717, 1.165) is 17.5 Å². The summed E-state index contributed by atoms with van der Waals surface area (Å²) in [7, 11) is 1.57. The molecule has 0 fully saturated rings. The van der Waals surface area contributed by atoms with Gasteiger partial charge in [0.1, 0.15) is 16.9 Å². The fraction of sp³-hybridized carbons (Fsp3) is 0.261. The Morgan fingerprint density at radius 1 is 1.13 bits per heavy atom. The molecule has 1 amide bonds. The van der Waals surface area contributed by atoms with Crippen LogP contribution in [0.5, 0.6) is 0 Å². The summed E-state index contributed by atoms with van der Waals surface area (Å²) in [6.45, 7) is 4.62. The number of oxazole rings is 1. The molecular weight excluding hydrogens is 394 g/mol. The van der Waals surface area contributed by atoms with E-state index in [0.29, 0.717) is 40.8 Å². The van der Waals surface area contributed by atoms with Crippen LogP contribution >= 0.6 is 0 Å². The Morgan fingerprint density at radius 3 is 2.65 bits per heavy atom. The topological polar surface area (TPSA) is 103 Å². The number of fused-ring (bicyclic) bond motifs is 1. The molecule has 0 aliphatic carbocycles. The third kappa shape index (κ3) is 4.69. The Hall–Kier alpha value is -3.81. The van der Waals surface area contributed by atoms with E-state index in [1.54, 1.807) is 25.4 Å². The van der Waals surface area contributed by atoms with Gasteiger partial charge in [0, 0.05) is 25.9 Å². The monoisotopic (exact) mass is 417 g/mol. The van der Waals surface area contributed by atoms with E-state index >= 15 is 0 Å². The third-order valence-corrected chi connectivity index (χ3v) is 4.79. The van der Waals surface area contributed by atoms with E-state index in [-0.39, 0.29) is 11.5 Å². The molecule has 1 aromatic carbocycles. The number of pyridine rings is 1. The number of hydrogen-bond acceptors (Lipinski definition) is 6. The number of nitrogens with one attached hydrogen (secondary N) is 1. The first-order valence-corrected chi connectivity index (χ1v) is 10.1. The van der Waals surface area contributed by atoms with Crippen molar-refractivity contribution in [2.24, 2.45) is 13.0 Å². The highest BCUT2D eigenvalue weighted by Crippen LogP contribution is 2.23. The number of rotatable bonds is 6. The van der Waals surface area contributed by atoms with Gasteiger partial charge in [-0.25, -0.2) is 9.67 Å². The highest BCUT2D eigenvalue weighted by molar-refractivity contribution is 5.92. The number of carbonyl (C=O) groups excluding carboxylic acids is 1. The SMILES string of the molecule is CC(C)Cc1ccc(C(=O)NCc2ccc3nc(-c4ccc(=O)n(C)n4)oc3c2)nc1. The van der Waals surface area contributed by atoms with Crippen molar-refractivity contribution < 1.29 is 9.21 Å². The van der Waals surface area contributed by atoms with Crippen molar-refractivity contribution in [2.75, 3.05) is 0 Å². The zero-order valence-electron chi connectivity index (χ0n) is 17.6. The molecule has 0 aliphatic heterocycles. The molecular formula is C23H23N5O3. The normalized spacial score (nSPS) is 11.2. The van der Waals surface area contributed by atoms with Crippen LogP contribution in [0.1, 0.15) is 35.5 Å². The summed E-state index contributed by atoms with van der Waals surface area (Å²) in [4.78, 5) is 32.6. The van der Waals surface area contributed by atoms with Crippen molar-refractivity contribution >= 4 is 17.0 Å². The molecule has 8 heteroatoms. The minimum Gasteiger partial charge on any atom is -0.435 e. The number of amides is 1. The summed E-state index contributed by atoms with van der Waals surface area (Å²) >= 11 is 0. The molecule has 0 atom stereocenters. The second kappa shape index (κ2) is 8.51. The summed E-state index contributed by atoms with van der Waals surface area (Å²) < 4.78 is 7.04. The molecule has 4 rings (SSSR count). The van der Waals surface area contributed by atoms with Crippen LogP contribution in [-0.2, 0) is 20.0 Å². The zero-order chi connectivity index (χ0) is 22.0. The van der Waals surface area contributed by atoms with Crippen molar-refractivity contribution in [3.63, 3.8) is 0 Å². The summed E-state index contributed by atoms with van der Waals surface area (Å²) in [5.74, 6) is 0.638. The van der Waals surface area contributed by atoms with Crippen LogP contribution in [0.2, 0.25) is 0 Å². The summed E-state index contributed by atoms with van der Waals surface area (Å²) in [5.41, 5.74) is 3.88. The number of nitrogens with zero attached hydrogens (tertiary/aromatic N) is 4. The Morgan fingerprint density at radius 2 is 1.94 bits per heavy atom. The maximum absolute atomic E-state index is 12.4. The minimum atomic E-state index is -0.233. The van der Waals surface area contributed by atoms with E-state index in [1.807, 2.05) is 24.3 Å². The van der Waals surface area contributed by atoms with E-state index in [1.165, 1.54) is 10.7 Å². The lowest BCUT2D eigenvalue weighted by Crippen LogP contribution is -2.23. The molecule has 3 heterocycles. The van der Waals surface area contributed by atoms with Crippen LogP contribution in [0.25, 0.3) is 22.7 Å². The van der Waals surface area contributed by atoms with Gasteiger partial charge in [-0.2, -0.15) is 5.10 Å². The quantitative estimate of drug-likeness (QED) is 0.517. The molecule has 0 saturated carbocycles. The Labute approximate surface area is 179 Å². The average molecular weight is 417 g/mol. The largest absolute Gasteiger partial charge is 0.435 e. The first-order valence-electron chi connectivity index (χ1n) is 10.1. The molecule has 3 aromatic heterocycles. The molecule has 31 heavy (non-hydrogen) atoms. The van der Waals surface area contributed by atoms with Crippen molar-refractivity contribution in [2.45, 2.75) is 26.8 Å². The molecule has 0 saturated heterocycles. The maximum Gasteiger partial charge on any atom is 0.270 e. The van der Waals surface area contributed by atoms with Crippen molar-refractivity contribution in [3.8, 4) is 11.6 Å². The Kier molecular flexibility index (Phi) is 5.62. The number of carbonyl (C=O) groups is 1. The molecule has 0 unspecified atom stereocenters. The number of aryl methyl sites for hydroxylation is 1. The smallest absolute Gasteiger partial charge is 0.270 e. The first kappa shape index (κ1) is 20.5. The zero-order valence-corrected chi connectivity index (χ0v) is 17.6. The molecule has 158 valence electrons. The predicted octanol–water partition coefficient (Wildman–Crippen LogP) is 3.11. The summed E-state index contributed by atoms with van der Waals surface area (Å²) in [6.07, 6.45) is 2.69. The van der Waals surface area contributed by atoms with Crippen molar-refractivity contribution in [3.05, 3.63) is 75.8 Å². The molecule has 8 nitrogen and oxygen atoms in total. The molecule has 0 bridgehead atoms. The van der Waals surface area contributed by atoms with Crippen LogP contribution < -0.4 is 10.9 Å². The van der Waals surface area contributed by atoms with E-state index in [2.05, 4.69) is 34.2 Å². The number of aromatic nitrogens is 4. The second-order valence-corrected chi connectivity index (χ2v) is 7.83. The van der Waals surface area contributed by atoms with Gasteiger partial charge in [-0.05, 0) is 47.7 Å². The van der Waals surface area contributed by atoms with Gasteiger partial charge in [0.2, 0.25) is 5.89 Å². The van der Waals surface area contributed by atoms with Crippen LogP contribution in [0, 0.1) is 5.92 Å². The van der Waals surface area contributed by atoms with Gasteiger partial charge in [-0.15, -0.1) is 0 Å². The number of hydrogen-bond donors (Lipinski definition) is 1. The maximum atomic E-state index is 12.4. The van der Waals surface area contributed by atoms with Crippen LogP contribution in [-0.4, -0.2) is 25.7 Å². The van der Waals surface area contributed by atoms with Gasteiger partial charge in [0.15, 0.2) is 5.58 Å². The molecule has 4 aromatic rings. The second-order valence-electron chi connectivity index (χ2n) is 7.83. The van der Waals surface area contributed by atoms with Crippen LogP contribution in [0.15, 0.2) is 57.9 Å².